The van der Waals surface area contributed by atoms with E-state index in [0.29, 0.717) is 34.3 Å². The summed E-state index contributed by atoms with van der Waals surface area (Å²) in [6, 6.07) is 7.13. The highest BCUT2D eigenvalue weighted by Crippen LogP contribution is 2.27. The molecule has 10 nitrogen and oxygen atoms in total. The van der Waals surface area contributed by atoms with Gasteiger partial charge in [-0.1, -0.05) is 12.6 Å². The Morgan fingerprint density at radius 1 is 1.30 bits per heavy atom. The highest BCUT2D eigenvalue weighted by Gasteiger charge is 2.15. The summed E-state index contributed by atoms with van der Waals surface area (Å²) in [5.41, 5.74) is 2.67. The Labute approximate surface area is 171 Å². The number of rotatable bonds is 7. The molecule has 3 aromatic heterocycles. The molecule has 1 aromatic carbocycles. The third-order valence-electron chi connectivity index (χ3n) is 4.47. The number of imidazole rings is 1. The molecular weight excluding hydrogens is 386 g/mol. The van der Waals surface area contributed by atoms with E-state index in [-0.39, 0.29) is 5.69 Å². The number of hydrogen-bond acceptors (Lipinski definition) is 7. The van der Waals surface area contributed by atoms with E-state index in [1.54, 1.807) is 60.8 Å². The predicted molar refractivity (Wildman–Crippen MR) is 114 cm³/mol. The maximum atomic E-state index is 13.0. The van der Waals surface area contributed by atoms with Crippen LogP contribution in [-0.2, 0) is 7.05 Å². The lowest BCUT2D eigenvalue weighted by molar-refractivity contribution is 0.253. The molecule has 0 aliphatic heterocycles. The summed E-state index contributed by atoms with van der Waals surface area (Å²) in [5, 5.41) is 20.1. The van der Waals surface area contributed by atoms with E-state index >= 15 is 0 Å². The predicted octanol–water partition coefficient (Wildman–Crippen LogP) is 1.89. The molecule has 4 rings (SSSR count). The number of methoxy groups -OCH3 is 1. The molecule has 0 saturated heterocycles. The van der Waals surface area contributed by atoms with Gasteiger partial charge in [-0.25, -0.2) is 14.2 Å². The second kappa shape index (κ2) is 7.76. The number of aliphatic hydroxyl groups excluding tert-OH is 1. The first-order chi connectivity index (χ1) is 14.5. The molecule has 1 unspecified atom stereocenters. The van der Waals surface area contributed by atoms with Gasteiger partial charge >= 0.3 is 5.69 Å². The van der Waals surface area contributed by atoms with Crippen molar-refractivity contribution in [3.63, 3.8) is 0 Å². The van der Waals surface area contributed by atoms with Crippen molar-refractivity contribution >= 4 is 22.7 Å². The fourth-order valence-electron chi connectivity index (χ4n) is 3.11. The van der Waals surface area contributed by atoms with Crippen molar-refractivity contribution < 1.29 is 9.84 Å². The van der Waals surface area contributed by atoms with Crippen LogP contribution in [0.3, 0.4) is 0 Å². The van der Waals surface area contributed by atoms with Crippen LogP contribution in [0.2, 0.25) is 0 Å². The van der Waals surface area contributed by atoms with Crippen molar-refractivity contribution in [1.82, 2.24) is 23.7 Å². The molecule has 1 atom stereocenters. The van der Waals surface area contributed by atoms with Crippen molar-refractivity contribution in [1.29, 1.82) is 0 Å². The molecule has 10 heteroatoms. The van der Waals surface area contributed by atoms with Gasteiger partial charge in [-0.15, -0.1) is 5.10 Å². The van der Waals surface area contributed by atoms with Crippen LogP contribution in [0.25, 0.3) is 11.3 Å². The fourth-order valence-corrected chi connectivity index (χ4v) is 3.11. The van der Waals surface area contributed by atoms with E-state index in [9.17, 15) is 9.90 Å². The Morgan fingerprint density at radius 3 is 2.90 bits per heavy atom. The number of ether oxygens (including phenoxy) is 1. The second-order valence-electron chi connectivity index (χ2n) is 6.54. The molecule has 3 heterocycles. The minimum Gasteiger partial charge on any atom is -0.478 e. The number of nitrogens with one attached hydrogen (secondary N) is 2. The molecule has 0 saturated carbocycles. The number of fused-ring (bicyclic) bond motifs is 1. The van der Waals surface area contributed by atoms with Crippen LogP contribution < -0.4 is 21.1 Å². The third-order valence-corrected chi connectivity index (χ3v) is 4.47. The quantitative estimate of drug-likeness (QED) is 0.317. The standard InChI is InChI=1S/C20H21N7O3/c1-4-17(28)22-13-6-5-7-14(10-13)27-12-15(18-21-8-9-26(18)20(27)29)23-16-11-25(2)24-19(16)30-3/h4-12,17,22-23,28H,1H2,2-3H3. The average molecular weight is 407 g/mol. The zero-order valence-corrected chi connectivity index (χ0v) is 16.5. The average Bonchev–Trinajstić information content (AvgIpc) is 3.37. The first-order valence-electron chi connectivity index (χ1n) is 9.11. The Bertz CT molecular complexity index is 1270. The summed E-state index contributed by atoms with van der Waals surface area (Å²) in [7, 11) is 3.33. The highest BCUT2D eigenvalue weighted by atomic mass is 16.5. The van der Waals surface area contributed by atoms with Crippen LogP contribution in [-0.4, -0.2) is 42.2 Å². The molecule has 0 aliphatic rings. The van der Waals surface area contributed by atoms with Crippen molar-refractivity contribution in [2.24, 2.45) is 7.05 Å². The third kappa shape index (κ3) is 3.51. The smallest absolute Gasteiger partial charge is 0.338 e. The molecule has 4 aromatic rings. The normalized spacial score (nSPS) is 12.0. The maximum Gasteiger partial charge on any atom is 0.338 e. The summed E-state index contributed by atoms with van der Waals surface area (Å²) < 4.78 is 9.87. The molecule has 154 valence electrons. The van der Waals surface area contributed by atoms with Crippen molar-refractivity contribution in [2.75, 3.05) is 17.7 Å². The highest BCUT2D eigenvalue weighted by molar-refractivity contribution is 5.75. The lowest BCUT2D eigenvalue weighted by atomic mass is 10.2. The molecule has 0 aliphatic carbocycles. The van der Waals surface area contributed by atoms with E-state index in [4.69, 9.17) is 4.74 Å². The van der Waals surface area contributed by atoms with Crippen LogP contribution in [0, 0.1) is 0 Å². The van der Waals surface area contributed by atoms with Crippen LogP contribution in [0.1, 0.15) is 0 Å². The zero-order valence-electron chi connectivity index (χ0n) is 16.5. The van der Waals surface area contributed by atoms with Crippen LogP contribution in [0.15, 0.2) is 66.5 Å². The van der Waals surface area contributed by atoms with E-state index < -0.39 is 6.23 Å². The number of anilines is 3. The van der Waals surface area contributed by atoms with Crippen LogP contribution in [0.4, 0.5) is 17.1 Å². The van der Waals surface area contributed by atoms with E-state index in [1.165, 1.54) is 22.2 Å². The summed E-state index contributed by atoms with van der Waals surface area (Å²) in [6.45, 7) is 3.54. The van der Waals surface area contributed by atoms with Gasteiger partial charge in [0.05, 0.1) is 24.7 Å². The minimum absolute atomic E-state index is 0.285. The summed E-state index contributed by atoms with van der Waals surface area (Å²) >= 11 is 0. The SMILES string of the molecule is C=CC(O)Nc1cccc(-n2cc(Nc3cn(C)nc3OC)c3nccn3c2=O)c1. The summed E-state index contributed by atoms with van der Waals surface area (Å²) in [4.78, 5) is 17.3. The van der Waals surface area contributed by atoms with Gasteiger partial charge in [0.2, 0.25) is 0 Å². The van der Waals surface area contributed by atoms with Crippen molar-refractivity contribution in [2.45, 2.75) is 6.23 Å². The molecule has 30 heavy (non-hydrogen) atoms. The first-order valence-corrected chi connectivity index (χ1v) is 9.11. The van der Waals surface area contributed by atoms with Gasteiger partial charge < -0.3 is 20.5 Å². The van der Waals surface area contributed by atoms with Gasteiger partial charge in [-0.2, -0.15) is 0 Å². The Kier molecular flexibility index (Phi) is 4.98. The van der Waals surface area contributed by atoms with Gasteiger partial charge in [0, 0.05) is 31.3 Å². The lowest BCUT2D eigenvalue weighted by Crippen LogP contribution is -2.25. The molecule has 0 bridgehead atoms. The van der Waals surface area contributed by atoms with Crippen LogP contribution in [0.5, 0.6) is 5.88 Å². The van der Waals surface area contributed by atoms with Gasteiger partial charge in [0.1, 0.15) is 11.9 Å². The number of aliphatic hydroxyl groups is 1. The number of aromatic nitrogens is 5. The minimum atomic E-state index is -0.900. The fraction of sp³-hybridized carbons (Fsp3) is 0.150. The van der Waals surface area contributed by atoms with Gasteiger partial charge in [0.25, 0.3) is 5.88 Å². The zero-order chi connectivity index (χ0) is 21.3. The largest absolute Gasteiger partial charge is 0.478 e. The van der Waals surface area contributed by atoms with Gasteiger partial charge in [0.15, 0.2) is 5.65 Å². The Morgan fingerprint density at radius 2 is 2.13 bits per heavy atom. The molecule has 0 amide bonds. The summed E-state index contributed by atoms with van der Waals surface area (Å²) in [5.74, 6) is 0.421. The monoisotopic (exact) mass is 407 g/mol. The molecule has 0 fully saturated rings. The molecule has 0 spiro atoms. The first kappa shape index (κ1) is 19.3. The van der Waals surface area contributed by atoms with E-state index in [2.05, 4.69) is 27.3 Å². The second-order valence-corrected chi connectivity index (χ2v) is 6.54. The number of nitrogens with zero attached hydrogens (tertiary/aromatic N) is 5. The Hall–Kier alpha value is -4.05. The molecule has 3 N–H and O–H groups in total. The van der Waals surface area contributed by atoms with Crippen LogP contribution >= 0.6 is 0 Å². The van der Waals surface area contributed by atoms with Gasteiger partial charge in [-0.3, -0.25) is 9.25 Å². The Balaban J connectivity index is 1.82. The molecule has 0 radical (unpaired) electrons. The summed E-state index contributed by atoms with van der Waals surface area (Å²) in [6.07, 6.45) is 7.08. The lowest BCUT2D eigenvalue weighted by Gasteiger charge is -2.14. The number of aryl methyl sites for hydroxylation is 1. The topological polar surface area (TPSA) is 111 Å². The number of benzene rings is 1. The van der Waals surface area contributed by atoms with Crippen molar-refractivity contribution in [3.8, 4) is 11.6 Å². The molecular formula is C20H21N7O3. The van der Waals surface area contributed by atoms with E-state index in [0.717, 1.165) is 0 Å². The maximum absolute atomic E-state index is 13.0. The van der Waals surface area contributed by atoms with E-state index in [1.807, 2.05) is 0 Å². The van der Waals surface area contributed by atoms with Crippen molar-refractivity contribution in [3.05, 3.63) is 72.2 Å². The van der Waals surface area contributed by atoms with Gasteiger partial charge in [-0.05, 0) is 24.3 Å². The number of hydrogen-bond donors (Lipinski definition) is 3.